The Morgan fingerprint density at radius 3 is 2.52 bits per heavy atom. The van der Waals surface area contributed by atoms with Crippen LogP contribution in [0, 0.1) is 26.6 Å². The first-order valence-corrected chi connectivity index (χ1v) is 8.51. The number of aromatic nitrogens is 1. The SMILES string of the molecule is Cc1ccc(OCC(=O)OCc2noc(-c3ccc(F)cc3)c2C)cc1C. The van der Waals surface area contributed by atoms with Crippen molar-refractivity contribution in [1.82, 2.24) is 5.16 Å². The number of aryl methyl sites for hydroxylation is 2. The van der Waals surface area contributed by atoms with Crippen molar-refractivity contribution in [2.75, 3.05) is 6.61 Å². The van der Waals surface area contributed by atoms with Crippen molar-refractivity contribution >= 4 is 5.97 Å². The molecule has 0 N–H and O–H groups in total. The number of hydrogen-bond acceptors (Lipinski definition) is 5. The Labute approximate surface area is 156 Å². The molecule has 1 heterocycles. The molecule has 0 saturated heterocycles. The van der Waals surface area contributed by atoms with Crippen LogP contribution in [0.4, 0.5) is 4.39 Å². The van der Waals surface area contributed by atoms with E-state index < -0.39 is 5.97 Å². The van der Waals surface area contributed by atoms with Gasteiger partial charge in [-0.1, -0.05) is 11.2 Å². The highest BCUT2D eigenvalue weighted by molar-refractivity contribution is 5.71. The number of rotatable bonds is 6. The van der Waals surface area contributed by atoms with E-state index in [2.05, 4.69) is 5.16 Å². The Balaban J connectivity index is 1.56. The second-order valence-corrected chi connectivity index (χ2v) is 6.29. The molecule has 0 unspecified atom stereocenters. The summed E-state index contributed by atoms with van der Waals surface area (Å²) in [7, 11) is 0. The van der Waals surface area contributed by atoms with Crippen LogP contribution in [0.3, 0.4) is 0 Å². The monoisotopic (exact) mass is 369 g/mol. The Bertz CT molecular complexity index is 947. The van der Waals surface area contributed by atoms with Crippen molar-refractivity contribution in [3.8, 4) is 17.1 Å². The Morgan fingerprint density at radius 1 is 1.07 bits per heavy atom. The molecule has 0 aliphatic heterocycles. The summed E-state index contributed by atoms with van der Waals surface area (Å²) in [5, 5.41) is 3.94. The highest BCUT2D eigenvalue weighted by atomic mass is 19.1. The lowest BCUT2D eigenvalue weighted by atomic mass is 10.1. The zero-order chi connectivity index (χ0) is 19.4. The van der Waals surface area contributed by atoms with Crippen molar-refractivity contribution < 1.29 is 23.2 Å². The van der Waals surface area contributed by atoms with Crippen LogP contribution in [0.1, 0.15) is 22.4 Å². The first-order chi connectivity index (χ1) is 12.9. The average molecular weight is 369 g/mol. The minimum absolute atomic E-state index is 0.0222. The van der Waals surface area contributed by atoms with Gasteiger partial charge in [-0.3, -0.25) is 0 Å². The number of carbonyl (C=O) groups excluding carboxylic acids is 1. The van der Waals surface area contributed by atoms with Gasteiger partial charge in [0.15, 0.2) is 12.4 Å². The van der Waals surface area contributed by atoms with Gasteiger partial charge in [-0.2, -0.15) is 0 Å². The molecule has 3 rings (SSSR count). The predicted octanol–water partition coefficient (Wildman–Crippen LogP) is 4.53. The van der Waals surface area contributed by atoms with Crippen molar-refractivity contribution in [2.24, 2.45) is 0 Å². The molecule has 27 heavy (non-hydrogen) atoms. The number of halogens is 1. The van der Waals surface area contributed by atoms with Gasteiger partial charge in [-0.25, -0.2) is 9.18 Å². The van der Waals surface area contributed by atoms with E-state index >= 15 is 0 Å². The lowest BCUT2D eigenvalue weighted by Crippen LogP contribution is -2.15. The topological polar surface area (TPSA) is 61.6 Å². The van der Waals surface area contributed by atoms with E-state index in [1.807, 2.05) is 39.0 Å². The standard InChI is InChI=1S/C21H20FNO4/c1-13-4-9-18(10-14(13)2)25-12-20(24)26-11-19-15(3)21(27-23-19)16-5-7-17(22)8-6-16/h4-10H,11-12H2,1-3H3. The molecule has 0 bridgehead atoms. The third kappa shape index (κ3) is 4.53. The molecule has 1 aromatic heterocycles. The Kier molecular flexibility index (Phi) is 5.54. The molecule has 0 aliphatic rings. The van der Waals surface area contributed by atoms with Crippen LogP contribution in [0.5, 0.6) is 5.75 Å². The molecular weight excluding hydrogens is 349 g/mol. The summed E-state index contributed by atoms with van der Waals surface area (Å²) in [6.07, 6.45) is 0. The maximum atomic E-state index is 13.0. The highest BCUT2D eigenvalue weighted by Gasteiger charge is 2.16. The number of nitrogens with zero attached hydrogens (tertiary/aromatic N) is 1. The van der Waals surface area contributed by atoms with Crippen LogP contribution in [0.2, 0.25) is 0 Å². The fourth-order valence-electron chi connectivity index (χ4n) is 2.51. The fourth-order valence-corrected chi connectivity index (χ4v) is 2.51. The zero-order valence-corrected chi connectivity index (χ0v) is 15.4. The molecule has 5 nitrogen and oxygen atoms in total. The molecule has 0 saturated carbocycles. The van der Waals surface area contributed by atoms with Gasteiger partial charge >= 0.3 is 5.97 Å². The summed E-state index contributed by atoms with van der Waals surface area (Å²) in [6.45, 7) is 5.58. The van der Waals surface area contributed by atoms with Gasteiger partial charge in [-0.15, -0.1) is 0 Å². The van der Waals surface area contributed by atoms with Crippen LogP contribution in [-0.4, -0.2) is 17.7 Å². The molecule has 0 amide bonds. The van der Waals surface area contributed by atoms with Crippen LogP contribution in [0.25, 0.3) is 11.3 Å². The molecule has 0 fully saturated rings. The molecule has 0 radical (unpaired) electrons. The number of hydrogen-bond donors (Lipinski definition) is 0. The first kappa shape index (κ1) is 18.6. The van der Waals surface area contributed by atoms with Gasteiger partial charge in [0.1, 0.15) is 23.9 Å². The van der Waals surface area contributed by atoms with E-state index in [1.54, 1.807) is 12.1 Å². The number of esters is 1. The van der Waals surface area contributed by atoms with E-state index in [1.165, 1.54) is 12.1 Å². The third-order valence-corrected chi connectivity index (χ3v) is 4.33. The van der Waals surface area contributed by atoms with Gasteiger partial charge in [0.05, 0.1) is 0 Å². The van der Waals surface area contributed by atoms with Crippen molar-refractivity contribution in [3.05, 3.63) is 70.7 Å². The maximum Gasteiger partial charge on any atom is 0.344 e. The summed E-state index contributed by atoms with van der Waals surface area (Å²) >= 11 is 0. The lowest BCUT2D eigenvalue weighted by Gasteiger charge is -2.08. The van der Waals surface area contributed by atoms with Crippen LogP contribution in [-0.2, 0) is 16.1 Å². The van der Waals surface area contributed by atoms with Gasteiger partial charge in [0.2, 0.25) is 0 Å². The molecule has 140 valence electrons. The van der Waals surface area contributed by atoms with Crippen LogP contribution >= 0.6 is 0 Å². The van der Waals surface area contributed by atoms with Crippen molar-refractivity contribution in [2.45, 2.75) is 27.4 Å². The van der Waals surface area contributed by atoms with Gasteiger partial charge in [0.25, 0.3) is 0 Å². The molecule has 2 aromatic carbocycles. The molecule has 3 aromatic rings. The van der Waals surface area contributed by atoms with E-state index in [-0.39, 0.29) is 19.0 Å². The van der Waals surface area contributed by atoms with E-state index in [0.29, 0.717) is 22.8 Å². The minimum Gasteiger partial charge on any atom is -0.482 e. The second kappa shape index (κ2) is 8.03. The lowest BCUT2D eigenvalue weighted by molar-refractivity contribution is -0.147. The smallest absolute Gasteiger partial charge is 0.344 e. The van der Waals surface area contributed by atoms with E-state index in [0.717, 1.165) is 16.7 Å². The van der Waals surface area contributed by atoms with Crippen molar-refractivity contribution in [3.63, 3.8) is 0 Å². The number of benzene rings is 2. The zero-order valence-electron chi connectivity index (χ0n) is 15.4. The molecule has 0 spiro atoms. The summed E-state index contributed by atoms with van der Waals surface area (Å²) < 4.78 is 29.0. The Hall–Kier alpha value is -3.15. The largest absolute Gasteiger partial charge is 0.482 e. The van der Waals surface area contributed by atoms with E-state index in [4.69, 9.17) is 14.0 Å². The average Bonchev–Trinajstić information content (AvgIpc) is 3.02. The summed E-state index contributed by atoms with van der Waals surface area (Å²) in [4.78, 5) is 11.9. The number of ether oxygens (including phenoxy) is 2. The Morgan fingerprint density at radius 2 is 1.81 bits per heavy atom. The van der Waals surface area contributed by atoms with Gasteiger partial charge in [0, 0.05) is 11.1 Å². The van der Waals surface area contributed by atoms with Gasteiger partial charge < -0.3 is 14.0 Å². The summed E-state index contributed by atoms with van der Waals surface area (Å²) in [5.41, 5.74) is 4.20. The van der Waals surface area contributed by atoms with Crippen molar-refractivity contribution in [1.29, 1.82) is 0 Å². The maximum absolute atomic E-state index is 13.0. The van der Waals surface area contributed by atoms with E-state index in [9.17, 15) is 9.18 Å². The minimum atomic E-state index is -0.501. The van der Waals surface area contributed by atoms with Crippen LogP contribution in [0.15, 0.2) is 47.0 Å². The first-order valence-electron chi connectivity index (χ1n) is 8.51. The molecule has 0 aliphatic carbocycles. The molecule has 6 heteroatoms. The van der Waals surface area contributed by atoms with Crippen LogP contribution < -0.4 is 4.74 Å². The quantitative estimate of drug-likeness (QED) is 0.598. The molecule has 0 atom stereocenters. The normalized spacial score (nSPS) is 10.7. The van der Waals surface area contributed by atoms with Gasteiger partial charge in [-0.05, 0) is 68.3 Å². The predicted molar refractivity (Wildman–Crippen MR) is 97.8 cm³/mol. The number of carbonyl (C=O) groups is 1. The third-order valence-electron chi connectivity index (χ3n) is 4.33. The second-order valence-electron chi connectivity index (χ2n) is 6.29. The summed E-state index contributed by atoms with van der Waals surface area (Å²) in [6, 6.07) is 11.5. The summed E-state index contributed by atoms with van der Waals surface area (Å²) in [5.74, 6) is 0.312. The fraction of sp³-hybridized carbons (Fsp3) is 0.238. The highest BCUT2D eigenvalue weighted by Crippen LogP contribution is 2.26. The molecular formula is C21H20FNO4.